The third-order valence-corrected chi connectivity index (χ3v) is 8.46. The number of ether oxygens (including phenoxy) is 1. The number of hydrazine groups is 1. The molecule has 1 spiro atoms. The van der Waals surface area contributed by atoms with E-state index in [1.165, 1.54) is 30.3 Å². The molecule has 0 N–H and O–H groups in total. The van der Waals surface area contributed by atoms with Gasteiger partial charge in [-0.25, -0.2) is 14.6 Å². The second kappa shape index (κ2) is 10.0. The minimum atomic E-state index is -5.69. The van der Waals surface area contributed by atoms with Gasteiger partial charge in [-0.3, -0.25) is 14.4 Å². The number of alkyl halides is 6. The first kappa shape index (κ1) is 28.6. The molecule has 8 nitrogen and oxygen atoms in total. The summed E-state index contributed by atoms with van der Waals surface area (Å²) in [6.07, 6.45) is -12.3. The Bertz CT molecular complexity index is 1760. The second-order valence-electron chi connectivity index (χ2n) is 9.65. The number of thioether (sulfide) groups is 1. The molecule has 2 amide bonds. The summed E-state index contributed by atoms with van der Waals surface area (Å²) in [5.41, 5.74) is -0.00655. The normalized spacial score (nSPS) is 20.3. The van der Waals surface area contributed by atoms with E-state index in [0.717, 1.165) is 17.8 Å². The van der Waals surface area contributed by atoms with Crippen LogP contribution in [0.4, 0.5) is 32.3 Å². The first-order valence-corrected chi connectivity index (χ1v) is 13.6. The lowest BCUT2D eigenvalue weighted by Gasteiger charge is -2.47. The molecule has 15 heteroatoms. The average Bonchev–Trinajstić information content (AvgIpc) is 3.50. The van der Waals surface area contributed by atoms with Crippen molar-refractivity contribution in [3.63, 3.8) is 0 Å². The number of rotatable bonds is 3. The van der Waals surface area contributed by atoms with Crippen molar-refractivity contribution >= 4 is 46.5 Å². The number of fused-ring (bicyclic) bond motifs is 3. The van der Waals surface area contributed by atoms with Gasteiger partial charge in [-0.2, -0.15) is 31.4 Å². The SMILES string of the molecule is O=C1CSC2(CC(c3ccccc3)Oc3ccccc32)N1N(C(=O)C(F)(F)F)c1nc2ccccc2n1C(=O)C(F)(F)F. The van der Waals surface area contributed by atoms with Crippen LogP contribution in [0.15, 0.2) is 78.9 Å². The maximum Gasteiger partial charge on any atom is 0.473 e. The smallest absolute Gasteiger partial charge is 0.473 e. The Morgan fingerprint density at radius 1 is 0.907 bits per heavy atom. The first-order chi connectivity index (χ1) is 20.3. The quantitative estimate of drug-likeness (QED) is 0.261. The summed E-state index contributed by atoms with van der Waals surface area (Å²) in [6, 6.07) is 19.6. The van der Waals surface area contributed by atoms with Gasteiger partial charge in [0.2, 0.25) is 5.95 Å². The van der Waals surface area contributed by atoms with Crippen molar-refractivity contribution in [3.8, 4) is 5.75 Å². The molecule has 2 aliphatic heterocycles. The highest BCUT2D eigenvalue weighted by Crippen LogP contribution is 2.58. The second-order valence-corrected chi connectivity index (χ2v) is 10.9. The molecule has 0 radical (unpaired) electrons. The minimum absolute atomic E-state index is 0.122. The largest absolute Gasteiger partial charge is 0.485 e. The molecular weight excluding hydrogens is 602 g/mol. The number of aromatic nitrogens is 2. The van der Waals surface area contributed by atoms with Gasteiger partial charge in [-0.05, 0) is 23.8 Å². The summed E-state index contributed by atoms with van der Waals surface area (Å²) >= 11 is 0.892. The van der Waals surface area contributed by atoms with Crippen molar-refractivity contribution in [2.45, 2.75) is 29.7 Å². The van der Waals surface area contributed by atoms with Crippen LogP contribution in [-0.4, -0.2) is 50.4 Å². The van der Waals surface area contributed by atoms with Gasteiger partial charge in [0.25, 0.3) is 5.91 Å². The van der Waals surface area contributed by atoms with E-state index in [0.29, 0.717) is 10.6 Å². The fourth-order valence-electron chi connectivity index (χ4n) is 5.29. The van der Waals surface area contributed by atoms with Crippen LogP contribution in [0.1, 0.15) is 28.4 Å². The Kier molecular flexibility index (Phi) is 6.67. The predicted molar refractivity (Wildman–Crippen MR) is 142 cm³/mol. The Morgan fingerprint density at radius 2 is 1.56 bits per heavy atom. The van der Waals surface area contributed by atoms with Gasteiger partial charge in [0.1, 0.15) is 16.7 Å². The van der Waals surface area contributed by atoms with Crippen LogP contribution in [0.2, 0.25) is 0 Å². The van der Waals surface area contributed by atoms with Crippen molar-refractivity contribution in [2.75, 3.05) is 10.8 Å². The van der Waals surface area contributed by atoms with E-state index in [9.17, 15) is 40.7 Å². The van der Waals surface area contributed by atoms with Crippen LogP contribution in [-0.2, 0) is 14.5 Å². The average molecular weight is 621 g/mol. The highest BCUT2D eigenvalue weighted by molar-refractivity contribution is 8.01. The van der Waals surface area contributed by atoms with Crippen molar-refractivity contribution < 1.29 is 45.5 Å². The summed E-state index contributed by atoms with van der Waals surface area (Å²) < 4.78 is 90.4. The molecule has 6 rings (SSSR count). The molecule has 0 saturated carbocycles. The van der Waals surface area contributed by atoms with E-state index < -0.39 is 58.3 Å². The monoisotopic (exact) mass is 620 g/mol. The molecule has 1 fully saturated rings. The Labute approximate surface area is 242 Å². The van der Waals surface area contributed by atoms with Crippen LogP contribution < -0.4 is 9.75 Å². The Morgan fingerprint density at radius 3 is 2.26 bits per heavy atom. The number of para-hydroxylation sites is 3. The van der Waals surface area contributed by atoms with E-state index in [2.05, 4.69) is 4.98 Å². The first-order valence-electron chi connectivity index (χ1n) is 12.6. The number of carbonyl (C=O) groups is 3. The van der Waals surface area contributed by atoms with Gasteiger partial charge in [0, 0.05) is 12.0 Å². The number of benzene rings is 3. The highest BCUT2D eigenvalue weighted by Gasteiger charge is 2.60. The zero-order chi connectivity index (χ0) is 30.7. The lowest BCUT2D eigenvalue weighted by Crippen LogP contribution is -2.61. The van der Waals surface area contributed by atoms with E-state index in [1.54, 1.807) is 42.5 Å². The highest BCUT2D eigenvalue weighted by atomic mass is 32.2. The number of hydrogen-bond acceptors (Lipinski definition) is 6. The number of anilines is 1. The van der Waals surface area contributed by atoms with E-state index >= 15 is 0 Å². The van der Waals surface area contributed by atoms with E-state index in [4.69, 9.17) is 4.74 Å². The molecule has 0 bridgehead atoms. The molecule has 0 aliphatic carbocycles. The molecular formula is C28H18F6N4O4S. The molecule has 2 aliphatic rings. The fourth-order valence-corrected chi connectivity index (χ4v) is 6.67. The topological polar surface area (TPSA) is 84.7 Å². The number of hydrogen-bond donors (Lipinski definition) is 0. The molecule has 2 atom stereocenters. The number of nitrogens with zero attached hydrogens (tertiary/aromatic N) is 4. The predicted octanol–water partition coefficient (Wildman–Crippen LogP) is 6.00. The van der Waals surface area contributed by atoms with Gasteiger partial charge in [0.15, 0.2) is 0 Å². The van der Waals surface area contributed by atoms with Crippen molar-refractivity contribution in [3.05, 3.63) is 90.0 Å². The zero-order valence-electron chi connectivity index (χ0n) is 21.6. The van der Waals surface area contributed by atoms with Crippen LogP contribution >= 0.6 is 11.8 Å². The van der Waals surface area contributed by atoms with Gasteiger partial charge in [-0.15, -0.1) is 11.8 Å². The molecule has 1 aromatic heterocycles. The van der Waals surface area contributed by atoms with Crippen LogP contribution in [0, 0.1) is 0 Å². The molecule has 222 valence electrons. The molecule has 4 aromatic rings. The van der Waals surface area contributed by atoms with E-state index in [1.807, 2.05) is 0 Å². The number of imidazole rings is 1. The standard InChI is InChI=1S/C28H18F6N4O4S/c29-27(30,31)23(40)36-19-12-6-5-11-18(19)35-25(36)37(24(41)28(32,33)34)38-22(39)15-43-26(38)14-21(16-8-2-1-3-9-16)42-20-13-7-4-10-17(20)26/h1-13,21H,14-15H2. The molecule has 43 heavy (non-hydrogen) atoms. The molecule has 2 unspecified atom stereocenters. The van der Waals surface area contributed by atoms with Crippen molar-refractivity contribution in [2.24, 2.45) is 0 Å². The fraction of sp³-hybridized carbons (Fsp3) is 0.214. The summed E-state index contributed by atoms with van der Waals surface area (Å²) in [6.45, 7) is 0. The van der Waals surface area contributed by atoms with Crippen molar-refractivity contribution in [1.29, 1.82) is 0 Å². The molecule has 3 heterocycles. The zero-order valence-corrected chi connectivity index (χ0v) is 22.4. The third kappa shape index (κ3) is 4.67. The van der Waals surface area contributed by atoms with Gasteiger partial charge >= 0.3 is 24.2 Å². The van der Waals surface area contributed by atoms with Crippen LogP contribution in [0.5, 0.6) is 5.75 Å². The van der Waals surface area contributed by atoms with Gasteiger partial charge in [-0.1, -0.05) is 60.7 Å². The maximum atomic E-state index is 14.3. The van der Waals surface area contributed by atoms with Gasteiger partial charge in [0.05, 0.1) is 16.8 Å². The summed E-state index contributed by atoms with van der Waals surface area (Å²) in [4.78, 5) is 41.6. The Balaban J connectivity index is 1.63. The summed E-state index contributed by atoms with van der Waals surface area (Å²) in [5, 5.41) is 0.238. The number of carbonyl (C=O) groups excluding carboxylic acids is 3. The van der Waals surface area contributed by atoms with Crippen molar-refractivity contribution in [1.82, 2.24) is 14.6 Å². The summed E-state index contributed by atoms with van der Waals surface area (Å²) in [7, 11) is 0. The van der Waals surface area contributed by atoms with Crippen LogP contribution in [0.25, 0.3) is 11.0 Å². The van der Waals surface area contributed by atoms with Gasteiger partial charge < -0.3 is 4.74 Å². The number of amides is 2. The maximum absolute atomic E-state index is 14.3. The lowest BCUT2D eigenvalue weighted by atomic mass is 9.91. The Hall–Kier alpha value is -4.53. The molecule has 3 aromatic carbocycles. The number of halogens is 6. The molecule has 1 saturated heterocycles. The van der Waals surface area contributed by atoms with Crippen LogP contribution in [0.3, 0.4) is 0 Å². The minimum Gasteiger partial charge on any atom is -0.485 e. The lowest BCUT2D eigenvalue weighted by molar-refractivity contribution is -0.176. The summed E-state index contributed by atoms with van der Waals surface area (Å²) in [5.74, 6) is -7.92. The van der Waals surface area contributed by atoms with E-state index in [-0.39, 0.29) is 32.8 Å². The third-order valence-electron chi connectivity index (χ3n) is 7.04.